The SMILES string of the molecule is CC(CC(=O)O)N(C(N)=O)c1ccncn1. The molecular weight excluding hydrogens is 212 g/mol. The van der Waals surface area contributed by atoms with Crippen LogP contribution in [0.4, 0.5) is 10.6 Å². The topological polar surface area (TPSA) is 109 Å². The van der Waals surface area contributed by atoms with Crippen molar-refractivity contribution in [1.82, 2.24) is 9.97 Å². The molecule has 1 atom stereocenters. The highest BCUT2D eigenvalue weighted by Crippen LogP contribution is 2.14. The van der Waals surface area contributed by atoms with Crippen LogP contribution in [0.5, 0.6) is 0 Å². The van der Waals surface area contributed by atoms with Gasteiger partial charge in [0.05, 0.1) is 6.42 Å². The van der Waals surface area contributed by atoms with E-state index in [4.69, 9.17) is 10.8 Å². The summed E-state index contributed by atoms with van der Waals surface area (Å²) in [7, 11) is 0. The Kier molecular flexibility index (Phi) is 3.76. The third-order valence-corrected chi connectivity index (χ3v) is 1.96. The second-order valence-corrected chi connectivity index (χ2v) is 3.22. The molecule has 0 saturated heterocycles. The van der Waals surface area contributed by atoms with E-state index in [0.717, 1.165) is 4.90 Å². The van der Waals surface area contributed by atoms with Gasteiger partial charge in [-0.25, -0.2) is 14.8 Å². The molecule has 0 aromatic carbocycles. The van der Waals surface area contributed by atoms with E-state index in [0.29, 0.717) is 0 Å². The Morgan fingerprint density at radius 3 is 2.75 bits per heavy atom. The van der Waals surface area contributed by atoms with Crippen LogP contribution in [-0.2, 0) is 4.79 Å². The summed E-state index contributed by atoms with van der Waals surface area (Å²) in [4.78, 5) is 30.4. The van der Waals surface area contributed by atoms with Crippen molar-refractivity contribution in [3.05, 3.63) is 18.6 Å². The number of primary amides is 1. The normalized spacial score (nSPS) is 11.8. The Morgan fingerprint density at radius 2 is 2.31 bits per heavy atom. The quantitative estimate of drug-likeness (QED) is 0.760. The molecule has 1 aromatic heterocycles. The van der Waals surface area contributed by atoms with Crippen molar-refractivity contribution in [2.24, 2.45) is 5.73 Å². The van der Waals surface area contributed by atoms with Gasteiger partial charge in [-0.2, -0.15) is 0 Å². The Morgan fingerprint density at radius 1 is 1.62 bits per heavy atom. The molecule has 16 heavy (non-hydrogen) atoms. The number of carboxylic acids is 1. The van der Waals surface area contributed by atoms with E-state index in [2.05, 4.69) is 9.97 Å². The lowest BCUT2D eigenvalue weighted by molar-refractivity contribution is -0.137. The van der Waals surface area contributed by atoms with Crippen LogP contribution in [-0.4, -0.2) is 33.1 Å². The van der Waals surface area contributed by atoms with Gasteiger partial charge in [0.2, 0.25) is 0 Å². The van der Waals surface area contributed by atoms with Crippen LogP contribution in [0.3, 0.4) is 0 Å². The molecule has 1 heterocycles. The van der Waals surface area contributed by atoms with E-state index in [1.54, 1.807) is 6.92 Å². The number of hydrogen-bond acceptors (Lipinski definition) is 4. The third-order valence-electron chi connectivity index (χ3n) is 1.96. The average Bonchev–Trinajstić information content (AvgIpc) is 2.17. The predicted octanol–water partition coefficient (Wildman–Crippen LogP) is 0.225. The minimum absolute atomic E-state index is 0.201. The fourth-order valence-corrected chi connectivity index (χ4v) is 1.33. The maximum Gasteiger partial charge on any atom is 0.320 e. The molecule has 1 aromatic rings. The summed E-state index contributed by atoms with van der Waals surface area (Å²) >= 11 is 0. The lowest BCUT2D eigenvalue weighted by atomic mass is 10.2. The summed E-state index contributed by atoms with van der Waals surface area (Å²) in [6, 6.07) is 0.181. The van der Waals surface area contributed by atoms with Crippen LogP contribution in [0.2, 0.25) is 0 Å². The van der Waals surface area contributed by atoms with Crippen molar-refractivity contribution in [2.75, 3.05) is 4.90 Å². The minimum Gasteiger partial charge on any atom is -0.481 e. The highest BCUT2D eigenvalue weighted by molar-refractivity contribution is 5.90. The Labute approximate surface area is 91.9 Å². The van der Waals surface area contributed by atoms with E-state index >= 15 is 0 Å². The Balaban J connectivity index is 2.92. The number of carbonyl (C=O) groups is 2. The molecule has 0 aliphatic carbocycles. The molecule has 7 heteroatoms. The van der Waals surface area contributed by atoms with Crippen molar-refractivity contribution >= 4 is 17.8 Å². The smallest absolute Gasteiger partial charge is 0.320 e. The largest absolute Gasteiger partial charge is 0.481 e. The van der Waals surface area contributed by atoms with Crippen LogP contribution in [0.25, 0.3) is 0 Å². The summed E-state index contributed by atoms with van der Waals surface area (Å²) < 4.78 is 0. The Hall–Kier alpha value is -2.18. The minimum atomic E-state index is -1.01. The number of aromatic nitrogens is 2. The number of carboxylic acid groups (broad SMARTS) is 1. The van der Waals surface area contributed by atoms with Gasteiger partial charge in [-0.15, -0.1) is 0 Å². The summed E-state index contributed by atoms with van der Waals surface area (Å²) in [5.74, 6) is -0.718. The van der Waals surface area contributed by atoms with Crippen LogP contribution < -0.4 is 10.6 Å². The predicted molar refractivity (Wildman–Crippen MR) is 55.8 cm³/mol. The summed E-state index contributed by atoms with van der Waals surface area (Å²) in [6.45, 7) is 1.58. The monoisotopic (exact) mass is 224 g/mol. The highest BCUT2D eigenvalue weighted by atomic mass is 16.4. The standard InChI is InChI=1S/C9H12N4O3/c1-6(4-8(14)15)13(9(10)16)7-2-3-11-5-12-7/h2-3,5-6H,4H2,1H3,(H2,10,16)(H,14,15). The zero-order chi connectivity index (χ0) is 12.1. The fraction of sp³-hybridized carbons (Fsp3) is 0.333. The summed E-state index contributed by atoms with van der Waals surface area (Å²) in [5, 5.41) is 8.65. The molecule has 0 radical (unpaired) electrons. The first kappa shape index (κ1) is 11.9. The first-order valence-electron chi connectivity index (χ1n) is 4.59. The molecule has 0 aliphatic rings. The highest BCUT2D eigenvalue weighted by Gasteiger charge is 2.22. The van der Waals surface area contributed by atoms with Crippen LogP contribution in [0.1, 0.15) is 13.3 Å². The number of anilines is 1. The molecule has 0 fully saturated rings. The van der Waals surface area contributed by atoms with Crippen molar-refractivity contribution in [3.63, 3.8) is 0 Å². The van der Waals surface area contributed by atoms with Crippen molar-refractivity contribution in [1.29, 1.82) is 0 Å². The van der Waals surface area contributed by atoms with Crippen molar-refractivity contribution in [3.8, 4) is 0 Å². The number of amides is 2. The molecule has 2 amide bonds. The second kappa shape index (κ2) is 5.06. The van der Waals surface area contributed by atoms with E-state index < -0.39 is 18.0 Å². The van der Waals surface area contributed by atoms with E-state index in [1.165, 1.54) is 18.6 Å². The zero-order valence-electron chi connectivity index (χ0n) is 8.70. The number of carbonyl (C=O) groups excluding carboxylic acids is 1. The second-order valence-electron chi connectivity index (χ2n) is 3.22. The number of aliphatic carboxylic acids is 1. The lowest BCUT2D eigenvalue weighted by Crippen LogP contribution is -2.43. The van der Waals surface area contributed by atoms with Gasteiger partial charge in [-0.3, -0.25) is 9.69 Å². The molecular formula is C9H12N4O3. The molecule has 0 spiro atoms. The van der Waals surface area contributed by atoms with Crippen molar-refractivity contribution in [2.45, 2.75) is 19.4 Å². The number of rotatable bonds is 4. The maximum absolute atomic E-state index is 11.2. The molecule has 1 rings (SSSR count). The van der Waals surface area contributed by atoms with Gasteiger partial charge in [-0.05, 0) is 13.0 Å². The van der Waals surface area contributed by atoms with Crippen LogP contribution in [0.15, 0.2) is 18.6 Å². The van der Waals surface area contributed by atoms with E-state index in [-0.39, 0.29) is 12.2 Å². The molecule has 7 nitrogen and oxygen atoms in total. The van der Waals surface area contributed by atoms with Gasteiger partial charge < -0.3 is 10.8 Å². The molecule has 0 saturated carbocycles. The number of hydrogen-bond donors (Lipinski definition) is 2. The third kappa shape index (κ3) is 2.91. The van der Waals surface area contributed by atoms with E-state index in [1.807, 2.05) is 0 Å². The van der Waals surface area contributed by atoms with Gasteiger partial charge in [-0.1, -0.05) is 0 Å². The molecule has 0 bridgehead atoms. The first-order chi connectivity index (χ1) is 7.52. The van der Waals surface area contributed by atoms with Crippen LogP contribution >= 0.6 is 0 Å². The molecule has 86 valence electrons. The first-order valence-corrected chi connectivity index (χ1v) is 4.59. The van der Waals surface area contributed by atoms with Gasteiger partial charge >= 0.3 is 12.0 Å². The zero-order valence-corrected chi connectivity index (χ0v) is 8.70. The maximum atomic E-state index is 11.2. The van der Waals surface area contributed by atoms with Crippen LogP contribution in [0, 0.1) is 0 Å². The van der Waals surface area contributed by atoms with Gasteiger partial charge in [0.15, 0.2) is 0 Å². The fourth-order valence-electron chi connectivity index (χ4n) is 1.33. The average molecular weight is 224 g/mol. The number of nitrogens with two attached hydrogens (primary N) is 1. The van der Waals surface area contributed by atoms with Gasteiger partial charge in [0, 0.05) is 12.2 Å². The molecule has 1 unspecified atom stereocenters. The Bertz CT molecular complexity index is 382. The van der Waals surface area contributed by atoms with Crippen molar-refractivity contribution < 1.29 is 14.7 Å². The number of nitrogens with zero attached hydrogens (tertiary/aromatic N) is 3. The van der Waals surface area contributed by atoms with E-state index in [9.17, 15) is 9.59 Å². The summed E-state index contributed by atoms with van der Waals surface area (Å²) in [5.41, 5.74) is 5.18. The molecule has 3 N–H and O–H groups in total. The van der Waals surface area contributed by atoms with Gasteiger partial charge in [0.25, 0.3) is 0 Å². The number of urea groups is 1. The molecule has 0 aliphatic heterocycles. The van der Waals surface area contributed by atoms with Gasteiger partial charge in [0.1, 0.15) is 12.1 Å². The lowest BCUT2D eigenvalue weighted by Gasteiger charge is -2.24. The summed E-state index contributed by atoms with van der Waals surface area (Å²) in [6.07, 6.45) is 2.51.